The molecule has 19 heavy (non-hydrogen) atoms. The van der Waals surface area contributed by atoms with Gasteiger partial charge in [-0.3, -0.25) is 4.79 Å². The molecule has 1 aliphatic carbocycles. The fourth-order valence-electron chi connectivity index (χ4n) is 3.21. The third-order valence-corrected chi connectivity index (χ3v) is 4.19. The van der Waals surface area contributed by atoms with E-state index in [4.69, 9.17) is 10.1 Å². The van der Waals surface area contributed by atoms with E-state index in [1.807, 2.05) is 28.8 Å². The molecule has 0 saturated heterocycles. The monoisotopic (exact) mass is 258 g/mol. The van der Waals surface area contributed by atoms with Crippen LogP contribution in [0.2, 0.25) is 0 Å². The van der Waals surface area contributed by atoms with Crippen LogP contribution in [0.25, 0.3) is 11.0 Å². The Morgan fingerprint density at radius 3 is 2.74 bits per heavy atom. The Hall–Kier alpha value is -1.84. The van der Waals surface area contributed by atoms with E-state index in [9.17, 15) is 4.79 Å². The van der Waals surface area contributed by atoms with Crippen molar-refractivity contribution in [2.24, 2.45) is 0 Å². The molecule has 3 rings (SSSR count). The van der Waals surface area contributed by atoms with Crippen molar-refractivity contribution in [3.05, 3.63) is 30.1 Å². The summed E-state index contributed by atoms with van der Waals surface area (Å²) in [4.78, 5) is 15.9. The molecule has 4 heteroatoms. The number of nitrogens with zero attached hydrogens (tertiary/aromatic N) is 2. The summed E-state index contributed by atoms with van der Waals surface area (Å²) in [5.41, 5.74) is 1.84. The van der Waals surface area contributed by atoms with Crippen LogP contribution in [0.4, 0.5) is 0 Å². The average Bonchev–Trinajstić information content (AvgIpc) is 2.95. The molecule has 0 aliphatic heterocycles. The summed E-state index contributed by atoms with van der Waals surface area (Å²) in [7, 11) is 0. The van der Waals surface area contributed by atoms with E-state index >= 15 is 0 Å². The fraction of sp³-hybridized carbons (Fsp3) is 0.467. The number of aromatic nitrogens is 2. The number of hydrogen-bond acceptors (Lipinski definition) is 2. The summed E-state index contributed by atoms with van der Waals surface area (Å²) in [5, 5.41) is 9.15. The molecular weight excluding hydrogens is 240 g/mol. The standard InChI is InChI=1S/C15H18N2O2/c1-15(8-4-5-9-15)14-16-11-6-2-3-7-12(11)17(14)10-13(18)19/h2-3,6-7H,4-5,8-10H2,1H3,(H,18,19). The second-order valence-corrected chi connectivity index (χ2v) is 5.67. The summed E-state index contributed by atoms with van der Waals surface area (Å²) >= 11 is 0. The molecule has 0 radical (unpaired) electrons. The number of para-hydroxylation sites is 2. The largest absolute Gasteiger partial charge is 0.480 e. The first-order valence-corrected chi connectivity index (χ1v) is 6.78. The van der Waals surface area contributed by atoms with Gasteiger partial charge in [0.15, 0.2) is 0 Å². The zero-order valence-corrected chi connectivity index (χ0v) is 11.1. The lowest BCUT2D eigenvalue weighted by molar-refractivity contribution is -0.137. The SMILES string of the molecule is CC1(c2nc3ccccc3n2CC(=O)O)CCCC1. The molecule has 1 saturated carbocycles. The van der Waals surface area contributed by atoms with E-state index < -0.39 is 5.97 Å². The molecule has 0 bridgehead atoms. The van der Waals surface area contributed by atoms with Gasteiger partial charge >= 0.3 is 5.97 Å². The number of imidazole rings is 1. The van der Waals surface area contributed by atoms with Crippen LogP contribution in [0.1, 0.15) is 38.4 Å². The number of carboxylic acid groups (broad SMARTS) is 1. The van der Waals surface area contributed by atoms with Crippen molar-refractivity contribution < 1.29 is 9.90 Å². The summed E-state index contributed by atoms with van der Waals surface area (Å²) in [5.74, 6) is 0.125. The normalized spacial score (nSPS) is 17.9. The van der Waals surface area contributed by atoms with E-state index in [0.717, 1.165) is 29.7 Å². The van der Waals surface area contributed by atoms with E-state index in [0.29, 0.717) is 0 Å². The molecule has 2 aromatic rings. The Morgan fingerprint density at radius 1 is 1.37 bits per heavy atom. The molecule has 4 nitrogen and oxygen atoms in total. The van der Waals surface area contributed by atoms with Gasteiger partial charge in [-0.05, 0) is 25.0 Å². The lowest BCUT2D eigenvalue weighted by Crippen LogP contribution is -2.24. The van der Waals surface area contributed by atoms with Gasteiger partial charge in [-0.2, -0.15) is 0 Å². The summed E-state index contributed by atoms with van der Waals surface area (Å²) < 4.78 is 1.88. The van der Waals surface area contributed by atoms with Gasteiger partial charge in [-0.15, -0.1) is 0 Å². The van der Waals surface area contributed by atoms with Gasteiger partial charge in [0.05, 0.1) is 11.0 Å². The highest BCUT2D eigenvalue weighted by Crippen LogP contribution is 2.41. The highest BCUT2D eigenvalue weighted by atomic mass is 16.4. The van der Waals surface area contributed by atoms with Crippen LogP contribution in [0, 0.1) is 0 Å². The molecule has 1 aromatic carbocycles. The molecule has 1 aromatic heterocycles. The van der Waals surface area contributed by atoms with Crippen LogP contribution in [0.15, 0.2) is 24.3 Å². The van der Waals surface area contributed by atoms with Gasteiger partial charge in [0.1, 0.15) is 12.4 Å². The Morgan fingerprint density at radius 2 is 2.05 bits per heavy atom. The first kappa shape index (κ1) is 12.2. The van der Waals surface area contributed by atoms with Gasteiger partial charge in [0.25, 0.3) is 0 Å². The number of rotatable bonds is 3. The van der Waals surface area contributed by atoms with Crippen molar-refractivity contribution in [1.29, 1.82) is 0 Å². The van der Waals surface area contributed by atoms with Crippen molar-refractivity contribution >= 4 is 17.0 Å². The predicted octanol–water partition coefficient (Wildman–Crippen LogP) is 2.95. The third-order valence-electron chi connectivity index (χ3n) is 4.19. The fourth-order valence-corrected chi connectivity index (χ4v) is 3.21. The third kappa shape index (κ3) is 2.01. The van der Waals surface area contributed by atoms with Crippen molar-refractivity contribution in [1.82, 2.24) is 9.55 Å². The van der Waals surface area contributed by atoms with Crippen LogP contribution >= 0.6 is 0 Å². The molecule has 1 N–H and O–H groups in total. The lowest BCUT2D eigenvalue weighted by atomic mass is 9.88. The first-order chi connectivity index (χ1) is 9.10. The van der Waals surface area contributed by atoms with E-state index in [1.165, 1.54) is 12.8 Å². The van der Waals surface area contributed by atoms with Crippen LogP contribution in [0.3, 0.4) is 0 Å². The Labute approximate surface area is 112 Å². The van der Waals surface area contributed by atoms with Gasteiger partial charge in [0, 0.05) is 5.41 Å². The van der Waals surface area contributed by atoms with Crippen LogP contribution in [-0.4, -0.2) is 20.6 Å². The topological polar surface area (TPSA) is 55.1 Å². The molecule has 0 spiro atoms. The number of carbonyl (C=O) groups is 1. The smallest absolute Gasteiger partial charge is 0.323 e. The highest BCUT2D eigenvalue weighted by Gasteiger charge is 2.35. The summed E-state index contributed by atoms with van der Waals surface area (Å²) in [6.45, 7) is 2.20. The van der Waals surface area contributed by atoms with Gasteiger partial charge in [-0.1, -0.05) is 31.9 Å². The maximum atomic E-state index is 11.1. The maximum Gasteiger partial charge on any atom is 0.323 e. The second-order valence-electron chi connectivity index (χ2n) is 5.67. The van der Waals surface area contributed by atoms with E-state index in [2.05, 4.69) is 6.92 Å². The number of carboxylic acids is 1. The minimum Gasteiger partial charge on any atom is -0.480 e. The lowest BCUT2D eigenvalue weighted by Gasteiger charge is -2.23. The van der Waals surface area contributed by atoms with Crippen LogP contribution < -0.4 is 0 Å². The van der Waals surface area contributed by atoms with Crippen molar-refractivity contribution in [3.8, 4) is 0 Å². The van der Waals surface area contributed by atoms with Crippen molar-refractivity contribution in [2.75, 3.05) is 0 Å². The molecule has 1 heterocycles. The quantitative estimate of drug-likeness (QED) is 0.920. The van der Waals surface area contributed by atoms with Crippen molar-refractivity contribution in [3.63, 3.8) is 0 Å². The first-order valence-electron chi connectivity index (χ1n) is 6.78. The van der Waals surface area contributed by atoms with E-state index in [-0.39, 0.29) is 12.0 Å². The Kier molecular flexibility index (Phi) is 2.81. The zero-order valence-electron chi connectivity index (χ0n) is 11.1. The number of benzene rings is 1. The predicted molar refractivity (Wildman–Crippen MR) is 73.2 cm³/mol. The van der Waals surface area contributed by atoms with E-state index in [1.54, 1.807) is 0 Å². The molecule has 1 fully saturated rings. The Bertz CT molecular complexity index is 624. The highest BCUT2D eigenvalue weighted by molar-refractivity contribution is 5.78. The molecule has 1 aliphatic rings. The average molecular weight is 258 g/mol. The molecule has 0 amide bonds. The molecular formula is C15H18N2O2. The minimum atomic E-state index is -0.814. The number of hydrogen-bond donors (Lipinski definition) is 1. The van der Waals surface area contributed by atoms with Gasteiger partial charge < -0.3 is 9.67 Å². The van der Waals surface area contributed by atoms with Gasteiger partial charge in [0.2, 0.25) is 0 Å². The van der Waals surface area contributed by atoms with Crippen molar-refractivity contribution in [2.45, 2.75) is 44.6 Å². The molecule has 0 atom stereocenters. The maximum absolute atomic E-state index is 11.1. The number of aliphatic carboxylic acids is 1. The van der Waals surface area contributed by atoms with Crippen LogP contribution in [0.5, 0.6) is 0 Å². The van der Waals surface area contributed by atoms with Crippen LogP contribution in [-0.2, 0) is 16.8 Å². The Balaban J connectivity index is 2.19. The molecule has 100 valence electrons. The zero-order chi connectivity index (χ0) is 13.5. The molecule has 0 unspecified atom stereocenters. The minimum absolute atomic E-state index is 0.00850. The summed E-state index contributed by atoms with van der Waals surface area (Å²) in [6, 6.07) is 7.78. The van der Waals surface area contributed by atoms with Gasteiger partial charge in [-0.25, -0.2) is 4.98 Å². The second kappa shape index (κ2) is 4.37. The summed E-state index contributed by atoms with van der Waals surface area (Å²) in [6.07, 6.45) is 4.59. The number of fused-ring (bicyclic) bond motifs is 1.